The largest absolute Gasteiger partial charge is 0.388 e. The average Bonchev–Trinajstić information content (AvgIpc) is 2.53. The van der Waals surface area contributed by atoms with Gasteiger partial charge in [0.15, 0.2) is 5.96 Å². The van der Waals surface area contributed by atoms with Gasteiger partial charge in [-0.15, -0.1) is 24.0 Å². The highest BCUT2D eigenvalue weighted by atomic mass is 127. The lowest BCUT2D eigenvalue weighted by Crippen LogP contribution is -2.40. The van der Waals surface area contributed by atoms with Crippen LogP contribution < -0.4 is 10.6 Å². The van der Waals surface area contributed by atoms with Gasteiger partial charge in [-0.05, 0) is 38.3 Å². The van der Waals surface area contributed by atoms with E-state index in [1.807, 2.05) is 52.0 Å². The fraction of sp³-hybridized carbons (Fsp3) is 0.588. The molecule has 0 saturated carbocycles. The number of halogens is 2. The predicted octanol–water partition coefficient (Wildman–Crippen LogP) is 4.13. The van der Waals surface area contributed by atoms with Gasteiger partial charge in [0.2, 0.25) is 0 Å². The monoisotopic (exact) mass is 453 g/mol. The summed E-state index contributed by atoms with van der Waals surface area (Å²) in [6, 6.07) is 7.80. The molecule has 0 spiro atoms. The molecule has 4 nitrogen and oxygen atoms in total. The van der Waals surface area contributed by atoms with Crippen molar-refractivity contribution in [1.29, 1.82) is 0 Å². The minimum atomic E-state index is -0.740. The Balaban J connectivity index is 0.00000484. The molecule has 0 amide bonds. The molecular weight excluding hydrogens is 425 g/mol. The third kappa shape index (κ3) is 7.27. The van der Waals surface area contributed by atoms with Crippen molar-refractivity contribution in [3.8, 4) is 0 Å². The van der Waals surface area contributed by atoms with Gasteiger partial charge >= 0.3 is 0 Å². The number of aliphatic imine (C=N–C) groups is 1. The number of nitrogens with one attached hydrogen (secondary N) is 2. The van der Waals surface area contributed by atoms with E-state index < -0.39 is 5.60 Å². The fourth-order valence-corrected chi connectivity index (χ4v) is 2.43. The van der Waals surface area contributed by atoms with E-state index in [4.69, 9.17) is 11.6 Å². The number of benzene rings is 1. The van der Waals surface area contributed by atoms with Gasteiger partial charge in [-0.2, -0.15) is 0 Å². The minimum Gasteiger partial charge on any atom is -0.388 e. The summed E-state index contributed by atoms with van der Waals surface area (Å²) in [6.45, 7) is 9.16. The Bertz CT molecular complexity index is 492. The van der Waals surface area contributed by atoms with Gasteiger partial charge < -0.3 is 15.7 Å². The van der Waals surface area contributed by atoms with E-state index in [2.05, 4.69) is 15.6 Å². The van der Waals surface area contributed by atoms with Crippen molar-refractivity contribution in [2.45, 2.75) is 52.2 Å². The first-order chi connectivity index (χ1) is 10.5. The number of nitrogens with zero attached hydrogens (tertiary/aromatic N) is 1. The van der Waals surface area contributed by atoms with E-state index in [9.17, 15) is 5.11 Å². The van der Waals surface area contributed by atoms with Crippen LogP contribution in [0.4, 0.5) is 0 Å². The molecule has 0 aliphatic heterocycles. The van der Waals surface area contributed by atoms with Crippen molar-refractivity contribution in [3.63, 3.8) is 0 Å². The topological polar surface area (TPSA) is 56.7 Å². The number of aliphatic hydroxyl groups is 1. The summed E-state index contributed by atoms with van der Waals surface area (Å²) in [7, 11) is 0. The Labute approximate surface area is 162 Å². The van der Waals surface area contributed by atoms with Gasteiger partial charge in [0.1, 0.15) is 0 Å². The number of hydrogen-bond acceptors (Lipinski definition) is 2. The van der Waals surface area contributed by atoms with Crippen LogP contribution in [-0.2, 0) is 0 Å². The van der Waals surface area contributed by atoms with E-state index in [1.54, 1.807) is 0 Å². The molecule has 1 aromatic carbocycles. The molecule has 0 bridgehead atoms. The normalized spacial score (nSPS) is 13.2. The summed E-state index contributed by atoms with van der Waals surface area (Å²) < 4.78 is 0. The zero-order valence-electron chi connectivity index (χ0n) is 14.4. The number of hydrogen-bond donors (Lipinski definition) is 3. The smallest absolute Gasteiger partial charge is 0.191 e. The maximum atomic E-state index is 10.4. The molecule has 3 N–H and O–H groups in total. The highest BCUT2D eigenvalue weighted by molar-refractivity contribution is 14.0. The van der Waals surface area contributed by atoms with Gasteiger partial charge in [0, 0.05) is 11.6 Å². The zero-order valence-corrected chi connectivity index (χ0v) is 17.5. The van der Waals surface area contributed by atoms with Crippen LogP contribution in [0.25, 0.3) is 0 Å². The van der Waals surface area contributed by atoms with E-state index in [0.29, 0.717) is 25.3 Å². The molecule has 1 aromatic rings. The lowest BCUT2D eigenvalue weighted by atomic mass is 9.98. The summed E-state index contributed by atoms with van der Waals surface area (Å²) in [5.74, 6) is 0.690. The quantitative estimate of drug-likeness (QED) is 0.331. The minimum absolute atomic E-state index is 0. The summed E-state index contributed by atoms with van der Waals surface area (Å²) in [5.41, 5.74) is 0.284. The van der Waals surface area contributed by atoms with Crippen LogP contribution in [0.3, 0.4) is 0 Å². The van der Waals surface area contributed by atoms with E-state index >= 15 is 0 Å². The third-order valence-electron chi connectivity index (χ3n) is 3.92. The predicted molar refractivity (Wildman–Crippen MR) is 110 cm³/mol. The highest BCUT2D eigenvalue weighted by Crippen LogP contribution is 2.22. The van der Waals surface area contributed by atoms with Gasteiger partial charge in [0.25, 0.3) is 0 Å². The first-order valence-corrected chi connectivity index (χ1v) is 8.35. The molecule has 0 saturated heterocycles. The van der Waals surface area contributed by atoms with Crippen molar-refractivity contribution in [1.82, 2.24) is 10.6 Å². The maximum absolute atomic E-state index is 10.4. The van der Waals surface area contributed by atoms with Crippen molar-refractivity contribution >= 4 is 41.5 Å². The molecule has 0 fully saturated rings. The van der Waals surface area contributed by atoms with Crippen molar-refractivity contribution in [2.75, 3.05) is 13.1 Å². The summed E-state index contributed by atoms with van der Waals surface area (Å²) in [5, 5.41) is 17.6. The van der Waals surface area contributed by atoms with E-state index in [1.165, 1.54) is 0 Å². The molecular formula is C17H29ClIN3O. The zero-order chi connectivity index (χ0) is 16.6. The molecule has 0 aliphatic carbocycles. The lowest BCUT2D eigenvalue weighted by Gasteiger charge is -2.24. The van der Waals surface area contributed by atoms with Crippen molar-refractivity contribution < 1.29 is 5.11 Å². The Morgan fingerprint density at radius 3 is 2.39 bits per heavy atom. The van der Waals surface area contributed by atoms with Crippen LogP contribution in [0.2, 0.25) is 5.02 Å². The molecule has 0 radical (unpaired) electrons. The second-order valence-corrected chi connectivity index (χ2v) is 5.92. The fourth-order valence-electron chi connectivity index (χ4n) is 2.13. The highest BCUT2D eigenvalue weighted by Gasteiger charge is 2.22. The molecule has 1 unspecified atom stereocenters. The van der Waals surface area contributed by atoms with Crippen LogP contribution in [0.15, 0.2) is 29.3 Å². The standard InChI is InChI=1S/C17H28ClN3O.HI/c1-5-17(22,6-2)12-20-16(19-7-3)21-13(4)14-10-8-9-11-15(14)18;/h8-11,13,22H,5-7,12H2,1-4H3,(H2,19,20,21);1H. The molecule has 0 aromatic heterocycles. The molecule has 1 atom stereocenters. The van der Waals surface area contributed by atoms with Crippen LogP contribution in [0.5, 0.6) is 0 Å². The van der Waals surface area contributed by atoms with Crippen LogP contribution in [0.1, 0.15) is 52.1 Å². The average molecular weight is 454 g/mol. The Hall–Kier alpha value is -0.530. The molecule has 23 heavy (non-hydrogen) atoms. The summed E-state index contributed by atoms with van der Waals surface area (Å²) in [4.78, 5) is 4.52. The second kappa shape index (κ2) is 11.1. The molecule has 0 heterocycles. The maximum Gasteiger partial charge on any atom is 0.191 e. The van der Waals surface area contributed by atoms with Crippen LogP contribution in [0, 0.1) is 0 Å². The third-order valence-corrected chi connectivity index (χ3v) is 4.26. The van der Waals surface area contributed by atoms with Crippen molar-refractivity contribution in [3.05, 3.63) is 34.9 Å². The summed E-state index contributed by atoms with van der Waals surface area (Å²) in [6.07, 6.45) is 1.37. The summed E-state index contributed by atoms with van der Waals surface area (Å²) >= 11 is 6.23. The van der Waals surface area contributed by atoms with Crippen LogP contribution >= 0.6 is 35.6 Å². The Morgan fingerprint density at radius 2 is 1.87 bits per heavy atom. The van der Waals surface area contributed by atoms with Gasteiger partial charge in [0.05, 0.1) is 18.2 Å². The first kappa shape index (κ1) is 22.5. The van der Waals surface area contributed by atoms with E-state index in [0.717, 1.165) is 17.1 Å². The van der Waals surface area contributed by atoms with Crippen molar-refractivity contribution in [2.24, 2.45) is 4.99 Å². The second-order valence-electron chi connectivity index (χ2n) is 5.51. The SMILES string of the molecule is CCNC(=NCC(O)(CC)CC)NC(C)c1ccccc1Cl.I. The van der Waals surface area contributed by atoms with Gasteiger partial charge in [-0.25, -0.2) is 0 Å². The molecule has 6 heteroatoms. The first-order valence-electron chi connectivity index (χ1n) is 7.97. The number of guanidine groups is 1. The lowest BCUT2D eigenvalue weighted by molar-refractivity contribution is 0.0418. The van der Waals surface area contributed by atoms with E-state index in [-0.39, 0.29) is 30.0 Å². The molecule has 132 valence electrons. The molecule has 1 rings (SSSR count). The van der Waals surface area contributed by atoms with Gasteiger partial charge in [-0.3, -0.25) is 4.99 Å². The van der Waals surface area contributed by atoms with Crippen LogP contribution in [-0.4, -0.2) is 29.8 Å². The van der Waals surface area contributed by atoms with Gasteiger partial charge in [-0.1, -0.05) is 43.6 Å². The Kier molecular flexibility index (Phi) is 10.8. The Morgan fingerprint density at radius 1 is 1.26 bits per heavy atom. The molecule has 0 aliphatic rings. The number of rotatable bonds is 7.